The molecule has 3 aromatic rings. The monoisotopic (exact) mass is 515 g/mol. The SMILES string of the molecule is COc1ccc(C(=O)COC(=O)c2ccc3c(c2)C(=O)N(c2ccc(C(=O)OCC(C)C)cc2)C3=O)cc1. The van der Waals surface area contributed by atoms with Gasteiger partial charge in [-0.2, -0.15) is 0 Å². The van der Waals surface area contributed by atoms with Crippen LogP contribution in [0.3, 0.4) is 0 Å². The lowest BCUT2D eigenvalue weighted by Gasteiger charge is -2.14. The molecule has 2 amide bonds. The molecule has 194 valence electrons. The van der Waals surface area contributed by atoms with Gasteiger partial charge < -0.3 is 14.2 Å². The Morgan fingerprint density at radius 1 is 0.737 bits per heavy atom. The fraction of sp³-hybridized carbons (Fsp3) is 0.207. The number of benzene rings is 3. The molecule has 38 heavy (non-hydrogen) atoms. The molecule has 0 N–H and O–H groups in total. The summed E-state index contributed by atoms with van der Waals surface area (Å²) in [7, 11) is 1.51. The van der Waals surface area contributed by atoms with Gasteiger partial charge in [0.15, 0.2) is 12.4 Å². The number of ketones is 1. The van der Waals surface area contributed by atoms with Crippen molar-refractivity contribution < 1.29 is 38.2 Å². The average molecular weight is 516 g/mol. The largest absolute Gasteiger partial charge is 0.497 e. The molecule has 0 radical (unpaired) electrons. The van der Waals surface area contributed by atoms with Gasteiger partial charge in [-0.05, 0) is 72.6 Å². The number of rotatable bonds is 9. The third-order valence-electron chi connectivity index (χ3n) is 5.78. The molecule has 0 unspecified atom stereocenters. The lowest BCUT2D eigenvalue weighted by Crippen LogP contribution is -2.29. The van der Waals surface area contributed by atoms with Crippen molar-refractivity contribution in [2.75, 3.05) is 25.2 Å². The second-order valence-electron chi connectivity index (χ2n) is 8.97. The van der Waals surface area contributed by atoms with Crippen molar-refractivity contribution in [1.29, 1.82) is 0 Å². The van der Waals surface area contributed by atoms with E-state index in [4.69, 9.17) is 14.2 Å². The number of methoxy groups -OCH3 is 1. The molecule has 0 saturated heterocycles. The lowest BCUT2D eigenvalue weighted by atomic mass is 10.1. The molecule has 4 rings (SSSR count). The van der Waals surface area contributed by atoms with E-state index in [-0.39, 0.29) is 34.9 Å². The van der Waals surface area contributed by atoms with Gasteiger partial charge in [0.25, 0.3) is 11.8 Å². The molecule has 0 aromatic heterocycles. The molecule has 1 heterocycles. The van der Waals surface area contributed by atoms with Crippen LogP contribution in [0.1, 0.15) is 65.6 Å². The summed E-state index contributed by atoms with van der Waals surface area (Å²) in [6, 6.07) is 16.3. The van der Waals surface area contributed by atoms with E-state index in [1.807, 2.05) is 13.8 Å². The van der Waals surface area contributed by atoms with Crippen LogP contribution in [0.4, 0.5) is 5.69 Å². The maximum Gasteiger partial charge on any atom is 0.338 e. The Labute approximate surface area is 218 Å². The minimum atomic E-state index is -0.808. The Hall–Kier alpha value is -4.79. The van der Waals surface area contributed by atoms with E-state index in [1.165, 1.54) is 49.6 Å². The first-order valence-electron chi connectivity index (χ1n) is 11.8. The predicted molar refractivity (Wildman–Crippen MR) is 137 cm³/mol. The number of hydrogen-bond donors (Lipinski definition) is 0. The number of fused-ring (bicyclic) bond motifs is 1. The molecule has 1 aliphatic rings. The van der Waals surface area contributed by atoms with Gasteiger partial charge in [0, 0.05) is 5.56 Å². The summed E-state index contributed by atoms with van der Waals surface area (Å²) in [6.07, 6.45) is 0. The Balaban J connectivity index is 1.44. The number of Topliss-reactive ketones (excluding diaryl/α,β-unsaturated/α-hetero) is 1. The summed E-state index contributed by atoms with van der Waals surface area (Å²) in [4.78, 5) is 64.1. The standard InChI is InChI=1S/C29H25NO8/c1-17(2)15-37-28(34)19-4-9-21(10-5-19)30-26(32)23-13-8-20(14-24(23)27(30)33)29(35)38-16-25(31)18-6-11-22(36-3)12-7-18/h4-14,17H,15-16H2,1-3H3. The van der Waals surface area contributed by atoms with E-state index in [9.17, 15) is 24.0 Å². The van der Waals surface area contributed by atoms with Crippen molar-refractivity contribution in [3.63, 3.8) is 0 Å². The topological polar surface area (TPSA) is 116 Å². The van der Waals surface area contributed by atoms with Gasteiger partial charge >= 0.3 is 11.9 Å². The molecule has 9 heteroatoms. The Kier molecular flexibility index (Phi) is 7.66. The maximum atomic E-state index is 13.1. The van der Waals surface area contributed by atoms with Crippen LogP contribution in [0.15, 0.2) is 66.7 Å². The van der Waals surface area contributed by atoms with Crippen LogP contribution >= 0.6 is 0 Å². The highest BCUT2D eigenvalue weighted by Crippen LogP contribution is 2.29. The van der Waals surface area contributed by atoms with Gasteiger partial charge in [0.2, 0.25) is 0 Å². The van der Waals surface area contributed by atoms with Crippen LogP contribution in [0.25, 0.3) is 0 Å². The summed E-state index contributed by atoms with van der Waals surface area (Å²) in [5, 5.41) is 0. The molecule has 0 atom stereocenters. The lowest BCUT2D eigenvalue weighted by molar-refractivity contribution is 0.0457. The molecule has 0 saturated carbocycles. The third kappa shape index (κ3) is 5.46. The molecule has 0 spiro atoms. The summed E-state index contributed by atoms with van der Waals surface area (Å²) >= 11 is 0. The molecule has 3 aromatic carbocycles. The highest BCUT2D eigenvalue weighted by Gasteiger charge is 2.37. The minimum Gasteiger partial charge on any atom is -0.497 e. The molecule has 0 fully saturated rings. The van der Waals surface area contributed by atoms with Crippen LogP contribution in [0.5, 0.6) is 5.75 Å². The van der Waals surface area contributed by atoms with Crippen LogP contribution in [0.2, 0.25) is 0 Å². The van der Waals surface area contributed by atoms with Gasteiger partial charge in [0.05, 0.1) is 41.7 Å². The number of nitrogens with zero attached hydrogens (tertiary/aromatic N) is 1. The quantitative estimate of drug-likeness (QED) is 0.235. The molecule has 1 aliphatic heterocycles. The second-order valence-corrected chi connectivity index (χ2v) is 8.97. The van der Waals surface area contributed by atoms with Crippen LogP contribution < -0.4 is 9.64 Å². The summed E-state index contributed by atoms with van der Waals surface area (Å²) in [6.45, 7) is 3.63. The van der Waals surface area contributed by atoms with Crippen molar-refractivity contribution in [1.82, 2.24) is 0 Å². The van der Waals surface area contributed by atoms with Gasteiger partial charge in [-0.25, -0.2) is 14.5 Å². The van der Waals surface area contributed by atoms with E-state index >= 15 is 0 Å². The van der Waals surface area contributed by atoms with Crippen LogP contribution in [0, 0.1) is 5.92 Å². The van der Waals surface area contributed by atoms with Crippen molar-refractivity contribution in [2.24, 2.45) is 5.92 Å². The number of ether oxygens (including phenoxy) is 3. The van der Waals surface area contributed by atoms with Crippen LogP contribution in [-0.2, 0) is 9.47 Å². The molecule has 9 nitrogen and oxygen atoms in total. The fourth-order valence-electron chi connectivity index (χ4n) is 3.75. The van der Waals surface area contributed by atoms with Gasteiger partial charge in [-0.3, -0.25) is 14.4 Å². The van der Waals surface area contributed by atoms with Crippen molar-refractivity contribution in [3.8, 4) is 5.75 Å². The molecule has 0 aliphatic carbocycles. The Morgan fingerprint density at radius 3 is 1.95 bits per heavy atom. The zero-order valence-corrected chi connectivity index (χ0v) is 21.1. The van der Waals surface area contributed by atoms with E-state index in [0.717, 1.165) is 4.90 Å². The third-order valence-corrected chi connectivity index (χ3v) is 5.78. The predicted octanol–water partition coefficient (Wildman–Crippen LogP) is 4.35. The number of anilines is 1. The zero-order valence-electron chi connectivity index (χ0n) is 21.1. The first-order chi connectivity index (χ1) is 18.2. The second kappa shape index (κ2) is 11.1. The molecular formula is C29H25NO8. The Bertz CT molecular complexity index is 1410. The van der Waals surface area contributed by atoms with Gasteiger partial charge in [-0.1, -0.05) is 13.8 Å². The van der Waals surface area contributed by atoms with E-state index < -0.39 is 36.1 Å². The van der Waals surface area contributed by atoms with Gasteiger partial charge in [0.1, 0.15) is 5.75 Å². The molecule has 0 bridgehead atoms. The summed E-state index contributed by atoms with van der Waals surface area (Å²) in [5.74, 6) is -2.12. The highest BCUT2D eigenvalue weighted by molar-refractivity contribution is 6.34. The number of hydrogen-bond acceptors (Lipinski definition) is 8. The first-order valence-corrected chi connectivity index (χ1v) is 11.8. The minimum absolute atomic E-state index is 0.0255. The van der Waals surface area contributed by atoms with E-state index in [1.54, 1.807) is 24.3 Å². The summed E-state index contributed by atoms with van der Waals surface area (Å²) < 4.78 is 15.4. The number of amides is 2. The van der Waals surface area contributed by atoms with E-state index in [0.29, 0.717) is 16.9 Å². The van der Waals surface area contributed by atoms with Crippen molar-refractivity contribution in [3.05, 3.63) is 94.5 Å². The smallest absolute Gasteiger partial charge is 0.338 e. The maximum absolute atomic E-state index is 13.1. The number of carbonyl (C=O) groups is 5. The van der Waals surface area contributed by atoms with Crippen LogP contribution in [-0.4, -0.2) is 49.9 Å². The average Bonchev–Trinajstić information content (AvgIpc) is 3.19. The first kappa shape index (κ1) is 26.3. The normalized spacial score (nSPS) is 12.4. The Morgan fingerprint density at radius 2 is 1.32 bits per heavy atom. The number of carbonyl (C=O) groups excluding carboxylic acids is 5. The van der Waals surface area contributed by atoms with Crippen molar-refractivity contribution in [2.45, 2.75) is 13.8 Å². The molecular weight excluding hydrogens is 490 g/mol. The fourth-order valence-corrected chi connectivity index (χ4v) is 3.75. The van der Waals surface area contributed by atoms with Gasteiger partial charge in [-0.15, -0.1) is 0 Å². The van der Waals surface area contributed by atoms with E-state index in [2.05, 4.69) is 0 Å². The number of esters is 2. The highest BCUT2D eigenvalue weighted by atomic mass is 16.5. The van der Waals surface area contributed by atoms with Crippen molar-refractivity contribution >= 4 is 35.2 Å². The number of imide groups is 1. The zero-order chi connectivity index (χ0) is 27.4. The summed E-state index contributed by atoms with van der Waals surface area (Å²) in [5.41, 5.74) is 1.10.